The monoisotopic (exact) mass is 257 g/mol. The number of urea groups is 1. The number of likely N-dealkylation sites (N-methyl/N-ethyl adjacent to an activating group) is 1. The molecule has 0 saturated carbocycles. The second-order valence-corrected chi connectivity index (χ2v) is 5.07. The number of hydrogen-bond donors (Lipinski definition) is 3. The predicted octanol–water partition coefficient (Wildman–Crippen LogP) is 0.489. The van der Waals surface area contributed by atoms with Crippen molar-refractivity contribution in [2.75, 3.05) is 20.1 Å². The predicted molar refractivity (Wildman–Crippen MR) is 68.4 cm³/mol. The molecule has 3 atom stereocenters. The van der Waals surface area contributed by atoms with Crippen LogP contribution in [0.15, 0.2) is 0 Å². The first-order valence-electron chi connectivity index (χ1n) is 6.42. The lowest BCUT2D eigenvalue weighted by Gasteiger charge is -2.21. The minimum Gasteiger partial charge on any atom is -0.480 e. The molecule has 1 fully saturated rings. The average molecular weight is 257 g/mol. The zero-order valence-electron chi connectivity index (χ0n) is 11.3. The highest BCUT2D eigenvalue weighted by molar-refractivity contribution is 5.82. The maximum absolute atomic E-state index is 11.7. The SMILES string of the molecule is CCC(C)[C@H](NC(=O)NC1CCN(C)C1)C(=O)O. The van der Waals surface area contributed by atoms with Gasteiger partial charge in [-0.1, -0.05) is 20.3 Å². The number of carboxylic acids is 1. The van der Waals surface area contributed by atoms with Crippen molar-refractivity contribution >= 4 is 12.0 Å². The zero-order valence-corrected chi connectivity index (χ0v) is 11.3. The summed E-state index contributed by atoms with van der Waals surface area (Å²) in [6.45, 7) is 5.50. The molecule has 1 saturated heterocycles. The van der Waals surface area contributed by atoms with Crippen LogP contribution in [0.25, 0.3) is 0 Å². The molecule has 2 amide bonds. The number of carboxylic acid groups (broad SMARTS) is 1. The summed E-state index contributed by atoms with van der Waals surface area (Å²) >= 11 is 0. The minimum atomic E-state index is -0.983. The van der Waals surface area contributed by atoms with E-state index in [4.69, 9.17) is 5.11 Å². The van der Waals surface area contributed by atoms with Crippen LogP contribution in [0, 0.1) is 5.92 Å². The minimum absolute atomic E-state index is 0.0838. The summed E-state index contributed by atoms with van der Waals surface area (Å²) in [5.74, 6) is -1.07. The van der Waals surface area contributed by atoms with Gasteiger partial charge in [0.15, 0.2) is 0 Å². The second kappa shape index (κ2) is 6.58. The van der Waals surface area contributed by atoms with E-state index in [9.17, 15) is 9.59 Å². The van der Waals surface area contributed by atoms with E-state index in [0.29, 0.717) is 6.42 Å². The fraction of sp³-hybridized carbons (Fsp3) is 0.833. The van der Waals surface area contributed by atoms with Crippen LogP contribution in [0.4, 0.5) is 4.79 Å². The van der Waals surface area contributed by atoms with Crippen LogP contribution in [0.1, 0.15) is 26.7 Å². The quantitative estimate of drug-likeness (QED) is 0.669. The molecule has 2 unspecified atom stereocenters. The van der Waals surface area contributed by atoms with Gasteiger partial charge in [-0.3, -0.25) is 0 Å². The lowest BCUT2D eigenvalue weighted by molar-refractivity contribution is -0.140. The Bertz CT molecular complexity index is 309. The standard InChI is InChI=1S/C12H23N3O3/c1-4-8(2)10(11(16)17)14-12(18)13-9-5-6-15(3)7-9/h8-10H,4-7H2,1-3H3,(H,16,17)(H2,13,14,18)/t8?,9?,10-/m0/s1. The summed E-state index contributed by atoms with van der Waals surface area (Å²) in [4.78, 5) is 24.9. The molecule has 0 aliphatic carbocycles. The molecular weight excluding hydrogens is 234 g/mol. The zero-order chi connectivity index (χ0) is 13.7. The fourth-order valence-electron chi connectivity index (χ4n) is 2.10. The lowest BCUT2D eigenvalue weighted by Crippen LogP contribution is -2.51. The van der Waals surface area contributed by atoms with Crippen molar-refractivity contribution in [3.63, 3.8) is 0 Å². The van der Waals surface area contributed by atoms with E-state index in [1.165, 1.54) is 0 Å². The third kappa shape index (κ3) is 4.18. The summed E-state index contributed by atoms with van der Waals surface area (Å²) in [5, 5.41) is 14.4. The average Bonchev–Trinajstić information content (AvgIpc) is 2.70. The molecule has 6 heteroatoms. The molecule has 0 aromatic carbocycles. The Morgan fingerprint density at radius 1 is 1.50 bits per heavy atom. The van der Waals surface area contributed by atoms with Crippen molar-refractivity contribution in [1.82, 2.24) is 15.5 Å². The van der Waals surface area contributed by atoms with E-state index in [-0.39, 0.29) is 18.0 Å². The number of nitrogens with zero attached hydrogens (tertiary/aromatic N) is 1. The van der Waals surface area contributed by atoms with Crippen LogP contribution < -0.4 is 10.6 Å². The molecule has 1 aliphatic rings. The Morgan fingerprint density at radius 3 is 2.61 bits per heavy atom. The van der Waals surface area contributed by atoms with Gasteiger partial charge in [-0.15, -0.1) is 0 Å². The van der Waals surface area contributed by atoms with Gasteiger partial charge in [-0.05, 0) is 25.9 Å². The van der Waals surface area contributed by atoms with E-state index in [2.05, 4.69) is 15.5 Å². The Labute approximate surface area is 108 Å². The van der Waals surface area contributed by atoms with Crippen molar-refractivity contribution < 1.29 is 14.7 Å². The number of carbonyl (C=O) groups is 2. The molecule has 1 heterocycles. The Balaban J connectivity index is 2.44. The summed E-state index contributed by atoms with van der Waals surface area (Å²) in [6.07, 6.45) is 1.62. The highest BCUT2D eigenvalue weighted by Gasteiger charge is 2.27. The molecule has 3 N–H and O–H groups in total. The summed E-state index contributed by atoms with van der Waals surface area (Å²) < 4.78 is 0. The molecule has 1 aliphatic heterocycles. The third-order valence-electron chi connectivity index (χ3n) is 3.49. The number of aliphatic carboxylic acids is 1. The molecule has 0 bridgehead atoms. The van der Waals surface area contributed by atoms with Gasteiger partial charge < -0.3 is 20.6 Å². The molecule has 0 spiro atoms. The Hall–Kier alpha value is -1.30. The van der Waals surface area contributed by atoms with E-state index < -0.39 is 12.0 Å². The van der Waals surface area contributed by atoms with Crippen molar-refractivity contribution in [3.05, 3.63) is 0 Å². The van der Waals surface area contributed by atoms with E-state index in [1.807, 2.05) is 20.9 Å². The molecular formula is C12H23N3O3. The van der Waals surface area contributed by atoms with Crippen LogP contribution in [0.5, 0.6) is 0 Å². The fourth-order valence-corrected chi connectivity index (χ4v) is 2.10. The van der Waals surface area contributed by atoms with Gasteiger partial charge in [0.25, 0.3) is 0 Å². The molecule has 104 valence electrons. The molecule has 0 aromatic heterocycles. The largest absolute Gasteiger partial charge is 0.480 e. The lowest BCUT2D eigenvalue weighted by atomic mass is 9.99. The number of amides is 2. The second-order valence-electron chi connectivity index (χ2n) is 5.07. The van der Waals surface area contributed by atoms with Crippen LogP contribution in [0.2, 0.25) is 0 Å². The number of carbonyl (C=O) groups excluding carboxylic acids is 1. The van der Waals surface area contributed by atoms with Crippen LogP contribution in [-0.4, -0.2) is 54.2 Å². The van der Waals surface area contributed by atoms with Crippen molar-refractivity contribution in [1.29, 1.82) is 0 Å². The highest BCUT2D eigenvalue weighted by atomic mass is 16.4. The van der Waals surface area contributed by atoms with Gasteiger partial charge in [-0.2, -0.15) is 0 Å². The molecule has 1 rings (SSSR count). The summed E-state index contributed by atoms with van der Waals surface area (Å²) in [5.41, 5.74) is 0. The highest BCUT2D eigenvalue weighted by Crippen LogP contribution is 2.09. The van der Waals surface area contributed by atoms with Crippen LogP contribution in [-0.2, 0) is 4.79 Å². The van der Waals surface area contributed by atoms with E-state index in [0.717, 1.165) is 19.5 Å². The van der Waals surface area contributed by atoms with E-state index in [1.54, 1.807) is 0 Å². The molecule has 6 nitrogen and oxygen atoms in total. The van der Waals surface area contributed by atoms with Crippen LogP contribution >= 0.6 is 0 Å². The van der Waals surface area contributed by atoms with Crippen LogP contribution in [0.3, 0.4) is 0 Å². The Morgan fingerprint density at radius 2 is 2.17 bits per heavy atom. The number of nitrogens with one attached hydrogen (secondary N) is 2. The number of hydrogen-bond acceptors (Lipinski definition) is 3. The van der Waals surface area contributed by atoms with Crippen molar-refractivity contribution in [3.8, 4) is 0 Å². The van der Waals surface area contributed by atoms with E-state index >= 15 is 0 Å². The number of likely N-dealkylation sites (tertiary alicyclic amines) is 1. The first-order valence-corrected chi connectivity index (χ1v) is 6.42. The van der Waals surface area contributed by atoms with Gasteiger partial charge in [0.2, 0.25) is 0 Å². The molecule has 0 radical (unpaired) electrons. The number of rotatable bonds is 5. The maximum Gasteiger partial charge on any atom is 0.326 e. The maximum atomic E-state index is 11.7. The van der Waals surface area contributed by atoms with Gasteiger partial charge in [0.05, 0.1) is 0 Å². The summed E-state index contributed by atoms with van der Waals surface area (Å²) in [7, 11) is 2.00. The summed E-state index contributed by atoms with van der Waals surface area (Å²) in [6, 6.07) is -1.10. The van der Waals surface area contributed by atoms with Gasteiger partial charge in [-0.25, -0.2) is 9.59 Å². The topological polar surface area (TPSA) is 81.7 Å². The van der Waals surface area contributed by atoms with Gasteiger partial charge >= 0.3 is 12.0 Å². The van der Waals surface area contributed by atoms with Gasteiger partial charge in [0.1, 0.15) is 6.04 Å². The Kier molecular flexibility index (Phi) is 5.40. The van der Waals surface area contributed by atoms with Gasteiger partial charge in [0, 0.05) is 12.6 Å². The van der Waals surface area contributed by atoms with Crippen molar-refractivity contribution in [2.24, 2.45) is 5.92 Å². The first kappa shape index (κ1) is 14.8. The molecule has 18 heavy (non-hydrogen) atoms. The van der Waals surface area contributed by atoms with Crippen molar-refractivity contribution in [2.45, 2.75) is 38.8 Å². The smallest absolute Gasteiger partial charge is 0.326 e. The molecule has 0 aromatic rings. The normalized spacial score (nSPS) is 23.4. The third-order valence-corrected chi connectivity index (χ3v) is 3.49. The first-order chi connectivity index (χ1) is 8.43.